The highest BCUT2D eigenvalue weighted by Crippen LogP contribution is 2.42. The molecule has 2 aromatic heterocycles. The van der Waals surface area contributed by atoms with E-state index in [0.29, 0.717) is 24.9 Å². The summed E-state index contributed by atoms with van der Waals surface area (Å²) in [5, 5.41) is 5.35. The zero-order valence-electron chi connectivity index (χ0n) is 30.2. The molecule has 2 saturated heterocycles. The van der Waals surface area contributed by atoms with Crippen molar-refractivity contribution in [2.45, 2.75) is 107 Å². The van der Waals surface area contributed by atoms with E-state index in [0.717, 1.165) is 92.8 Å². The molecule has 4 N–H and O–H groups in total. The first-order valence-corrected chi connectivity index (χ1v) is 18.7. The van der Waals surface area contributed by atoms with Crippen molar-refractivity contribution in [1.29, 1.82) is 0 Å². The van der Waals surface area contributed by atoms with Gasteiger partial charge in [0, 0.05) is 30.9 Å². The molecule has 2 aliphatic heterocycles. The summed E-state index contributed by atoms with van der Waals surface area (Å²) in [7, 11) is 2.60. The molecule has 2 aliphatic carbocycles. The molecule has 4 aliphatic rings. The highest BCUT2D eigenvalue weighted by atomic mass is 16.5. The number of carbonyl (C=O) groups excluding carboxylic acids is 4. The lowest BCUT2D eigenvalue weighted by Gasteiger charge is -2.29. The molecule has 1 aromatic carbocycles. The lowest BCUT2D eigenvalue weighted by Crippen LogP contribution is -2.49. The number of likely N-dealkylation sites (tertiary alicyclic amines) is 2. The predicted octanol–water partition coefficient (Wildman–Crippen LogP) is 5.45. The molecule has 3 aromatic rings. The maximum Gasteiger partial charge on any atom is 0.407 e. The van der Waals surface area contributed by atoms with Crippen molar-refractivity contribution in [1.82, 2.24) is 40.4 Å². The van der Waals surface area contributed by atoms with Crippen molar-refractivity contribution in [3.63, 3.8) is 0 Å². The molecule has 52 heavy (non-hydrogen) atoms. The van der Waals surface area contributed by atoms with Gasteiger partial charge in [-0.1, -0.05) is 24.3 Å². The van der Waals surface area contributed by atoms with Gasteiger partial charge in [0.05, 0.1) is 38.2 Å². The van der Waals surface area contributed by atoms with Gasteiger partial charge >= 0.3 is 12.2 Å². The lowest BCUT2D eigenvalue weighted by atomic mass is 9.77. The van der Waals surface area contributed by atoms with Gasteiger partial charge in [0.1, 0.15) is 23.7 Å². The number of hydrogen-bond donors (Lipinski definition) is 4. The topological polar surface area (TPSA) is 175 Å². The van der Waals surface area contributed by atoms with Crippen molar-refractivity contribution >= 4 is 24.0 Å². The number of benzene rings is 1. The Kier molecular flexibility index (Phi) is 10.5. The van der Waals surface area contributed by atoms with Crippen molar-refractivity contribution in [3.8, 4) is 11.3 Å². The third kappa shape index (κ3) is 7.51. The van der Waals surface area contributed by atoms with Crippen LogP contribution in [0.25, 0.3) is 11.3 Å². The first-order valence-electron chi connectivity index (χ1n) is 18.7. The summed E-state index contributed by atoms with van der Waals surface area (Å²) in [5.41, 5.74) is 4.42. The molecule has 14 nitrogen and oxygen atoms in total. The predicted molar refractivity (Wildman–Crippen MR) is 191 cm³/mol. The van der Waals surface area contributed by atoms with E-state index in [2.05, 4.69) is 54.6 Å². The number of H-pyrrole nitrogens is 2. The Bertz CT molecular complexity index is 1740. The fraction of sp³-hybridized carbons (Fsp3) is 0.579. The van der Waals surface area contributed by atoms with Crippen molar-refractivity contribution in [2.75, 3.05) is 27.3 Å². The number of aromatic amines is 2. The summed E-state index contributed by atoms with van der Waals surface area (Å²) in [4.78, 5) is 70.4. The summed E-state index contributed by atoms with van der Waals surface area (Å²) in [6, 6.07) is 7.21. The van der Waals surface area contributed by atoms with Crippen LogP contribution in [-0.4, -0.2) is 93.1 Å². The minimum Gasteiger partial charge on any atom is -0.453 e. The summed E-state index contributed by atoms with van der Waals surface area (Å²) in [6.45, 7) is 2.94. The van der Waals surface area contributed by atoms with E-state index in [1.807, 2.05) is 17.3 Å². The highest BCUT2D eigenvalue weighted by molar-refractivity contribution is 5.87. The van der Waals surface area contributed by atoms with E-state index in [1.165, 1.54) is 19.8 Å². The number of hydrogen-bond acceptors (Lipinski definition) is 8. The van der Waals surface area contributed by atoms with Gasteiger partial charge in [0.15, 0.2) is 0 Å². The maximum atomic E-state index is 13.6. The van der Waals surface area contributed by atoms with E-state index in [1.54, 1.807) is 11.8 Å². The second-order valence-corrected chi connectivity index (χ2v) is 14.8. The normalized spacial score (nSPS) is 24.3. The van der Waals surface area contributed by atoms with Crippen molar-refractivity contribution in [2.24, 2.45) is 5.92 Å². The number of amides is 4. The Balaban J connectivity index is 0.932. The monoisotopic (exact) mass is 714 g/mol. The molecule has 0 radical (unpaired) electrons. The Morgan fingerprint density at radius 1 is 0.731 bits per heavy atom. The second-order valence-electron chi connectivity index (χ2n) is 14.8. The number of nitrogens with one attached hydrogen (secondary N) is 4. The lowest BCUT2D eigenvalue weighted by molar-refractivity contribution is -0.135. The van der Waals surface area contributed by atoms with Crippen LogP contribution in [0.5, 0.6) is 0 Å². The Morgan fingerprint density at radius 3 is 1.94 bits per heavy atom. The zero-order chi connectivity index (χ0) is 36.4. The van der Waals surface area contributed by atoms with Crippen molar-refractivity contribution < 1.29 is 28.7 Å². The number of rotatable bonds is 10. The van der Waals surface area contributed by atoms with Crippen LogP contribution in [0.15, 0.2) is 36.7 Å². The number of nitrogens with zero attached hydrogens (tertiary/aromatic N) is 4. The van der Waals surface area contributed by atoms with E-state index in [4.69, 9.17) is 9.72 Å². The molecule has 0 bridgehead atoms. The molecule has 2 saturated carbocycles. The summed E-state index contributed by atoms with van der Waals surface area (Å²) < 4.78 is 9.44. The van der Waals surface area contributed by atoms with E-state index in [9.17, 15) is 19.2 Å². The SMILES string of the molecule is COC(=O)N[C@@H](C)C(=O)N1CCC[C@H]1c1ncc(-c2ccc([C@H]3CC[C@H](c4cnc([C@@H]5CCCN5C(=O)[C@@H](NC(=O)OC)C5CC5)[nH]4)CC3)cc2)[nH]1. The van der Waals surface area contributed by atoms with Crippen LogP contribution >= 0.6 is 0 Å². The second kappa shape index (κ2) is 15.4. The average molecular weight is 715 g/mol. The largest absolute Gasteiger partial charge is 0.453 e. The van der Waals surface area contributed by atoms with Gasteiger partial charge in [-0.25, -0.2) is 19.6 Å². The Hall–Kier alpha value is -4.88. The standard InChI is InChI=1S/C38H50N8O6/c1-22(41-37(49)51-2)35(47)45-18-4-6-30(45)33-39-20-28(42-33)25-12-8-23(9-13-25)24-10-14-26(15-11-24)29-21-40-34(43-29)31-7-5-19-46(31)36(48)32(27-16-17-27)44-38(50)52-3/h8-9,12-13,20-22,24,26-27,30-32H,4-7,10-11,14-19H2,1-3H3,(H,39,42)(H,40,43)(H,41,49)(H,44,50)/t22-,24-,26-,30-,31-,32-/m0/s1. The molecule has 0 unspecified atom stereocenters. The summed E-state index contributed by atoms with van der Waals surface area (Å²) in [5.74, 6) is 2.44. The van der Waals surface area contributed by atoms with E-state index in [-0.39, 0.29) is 29.8 Å². The number of carbonyl (C=O) groups is 4. The first kappa shape index (κ1) is 35.5. The molecular formula is C38H50N8O6. The molecule has 14 heteroatoms. The molecule has 4 fully saturated rings. The number of aromatic nitrogens is 4. The van der Waals surface area contributed by atoms with Gasteiger partial charge in [-0.2, -0.15) is 0 Å². The van der Waals surface area contributed by atoms with Crippen molar-refractivity contribution in [3.05, 3.63) is 59.6 Å². The quantitative estimate of drug-likeness (QED) is 0.215. The van der Waals surface area contributed by atoms with Gasteiger partial charge in [0.25, 0.3) is 0 Å². The van der Waals surface area contributed by atoms with Crippen LogP contribution in [0.2, 0.25) is 0 Å². The highest BCUT2D eigenvalue weighted by Gasteiger charge is 2.43. The van der Waals surface area contributed by atoms with Gasteiger partial charge in [-0.05, 0) is 94.1 Å². The number of ether oxygens (including phenoxy) is 2. The Labute approximate surface area is 303 Å². The van der Waals surface area contributed by atoms with Crippen LogP contribution in [0.4, 0.5) is 9.59 Å². The molecule has 0 spiro atoms. The third-order valence-corrected chi connectivity index (χ3v) is 11.5. The van der Waals surface area contributed by atoms with Gasteiger partial charge in [-0.3, -0.25) is 9.59 Å². The smallest absolute Gasteiger partial charge is 0.407 e. The molecule has 4 heterocycles. The number of methoxy groups -OCH3 is 2. The fourth-order valence-corrected chi connectivity index (χ4v) is 8.40. The first-order chi connectivity index (χ1) is 25.2. The van der Waals surface area contributed by atoms with Crippen LogP contribution in [-0.2, 0) is 19.1 Å². The summed E-state index contributed by atoms with van der Waals surface area (Å²) >= 11 is 0. The van der Waals surface area contributed by atoms with Crippen LogP contribution < -0.4 is 10.6 Å². The number of imidazole rings is 2. The van der Waals surface area contributed by atoms with Gasteiger partial charge in [-0.15, -0.1) is 0 Å². The molecule has 4 amide bonds. The zero-order valence-corrected chi connectivity index (χ0v) is 30.2. The van der Waals surface area contributed by atoms with Crippen LogP contribution in [0, 0.1) is 5.92 Å². The van der Waals surface area contributed by atoms with Crippen LogP contribution in [0.1, 0.15) is 118 Å². The minimum atomic E-state index is -0.689. The fourth-order valence-electron chi connectivity index (χ4n) is 8.40. The van der Waals surface area contributed by atoms with Gasteiger partial charge in [0.2, 0.25) is 11.8 Å². The maximum absolute atomic E-state index is 13.6. The summed E-state index contributed by atoms with van der Waals surface area (Å²) in [6.07, 6.45) is 12.2. The van der Waals surface area contributed by atoms with Gasteiger partial charge < -0.3 is 39.9 Å². The van der Waals surface area contributed by atoms with E-state index < -0.39 is 24.3 Å². The average Bonchev–Trinajstić information content (AvgIpc) is 3.64. The molecule has 4 atom stereocenters. The molecular weight excluding hydrogens is 664 g/mol. The molecule has 7 rings (SSSR count). The van der Waals surface area contributed by atoms with E-state index >= 15 is 0 Å². The Morgan fingerprint density at radius 2 is 1.31 bits per heavy atom. The third-order valence-electron chi connectivity index (χ3n) is 11.5. The van der Waals surface area contributed by atoms with Crippen LogP contribution in [0.3, 0.4) is 0 Å². The molecule has 278 valence electrons. The minimum absolute atomic E-state index is 0.0405. The number of alkyl carbamates (subject to hydrolysis) is 2.